The van der Waals surface area contributed by atoms with Crippen LogP contribution in [0.4, 0.5) is 0 Å². The minimum atomic E-state index is -4.34. The molecule has 1 rings (SSSR count). The lowest BCUT2D eigenvalue weighted by Gasteiger charge is -2.34. The number of hydrogen-bond acceptors (Lipinski definition) is 3. The Hall–Kier alpha value is -0.460. The molecule has 0 aliphatic carbocycles. The number of rotatable bonds is 1. The number of nitrogens with zero attached hydrogens (tertiary/aromatic N) is 1. The normalized spacial score (nSPS) is 26.8. The van der Waals surface area contributed by atoms with E-state index in [9.17, 15) is 13.2 Å². The van der Waals surface area contributed by atoms with Crippen molar-refractivity contribution in [2.24, 2.45) is 0 Å². The average molecular weight is 221 g/mol. The van der Waals surface area contributed by atoms with Gasteiger partial charge in [-0.1, -0.05) is 0 Å². The van der Waals surface area contributed by atoms with Crippen LogP contribution in [0.3, 0.4) is 0 Å². The van der Waals surface area contributed by atoms with Gasteiger partial charge in [-0.2, -0.15) is 12.7 Å². The summed E-state index contributed by atoms with van der Waals surface area (Å²) in [6.45, 7) is 6.23. The first-order valence-electron chi connectivity index (χ1n) is 4.31. The Morgan fingerprint density at radius 2 is 1.71 bits per heavy atom. The smallest absolute Gasteiger partial charge is 0.298 e. The van der Waals surface area contributed by atoms with Crippen LogP contribution in [-0.2, 0) is 15.1 Å². The van der Waals surface area contributed by atoms with Gasteiger partial charge in [0.05, 0.1) is 5.54 Å². The first kappa shape index (κ1) is 11.6. The Labute approximate surface area is 84.0 Å². The molecule has 0 atom stereocenters. The van der Waals surface area contributed by atoms with E-state index in [-0.39, 0.29) is 12.2 Å². The van der Waals surface area contributed by atoms with Crippen LogP contribution in [0.2, 0.25) is 0 Å². The molecule has 0 aromatic rings. The summed E-state index contributed by atoms with van der Waals surface area (Å²) in [5.74, 6) is -0.180. The lowest BCUT2D eigenvalue weighted by atomic mass is 9.99. The topological polar surface area (TPSA) is 74.7 Å². The monoisotopic (exact) mass is 221 g/mol. The minimum absolute atomic E-state index is 0.125. The average Bonchev–Trinajstić information content (AvgIpc) is 1.93. The molecule has 1 saturated heterocycles. The predicted octanol–water partition coefficient (Wildman–Crippen LogP) is 0.621. The molecule has 0 spiro atoms. The number of carbonyl (C=O) groups is 1. The Bertz CT molecular complexity index is 369. The molecule has 1 aliphatic heterocycles. The first-order valence-corrected chi connectivity index (χ1v) is 5.70. The van der Waals surface area contributed by atoms with E-state index in [1.165, 1.54) is 13.8 Å². The zero-order valence-electron chi connectivity index (χ0n) is 8.73. The van der Waals surface area contributed by atoms with Gasteiger partial charge < -0.3 is 0 Å². The lowest BCUT2D eigenvalue weighted by Crippen LogP contribution is -2.52. The van der Waals surface area contributed by atoms with E-state index >= 15 is 0 Å². The highest BCUT2D eigenvalue weighted by Crippen LogP contribution is 2.39. The molecule has 1 aliphatic rings. The highest BCUT2D eigenvalue weighted by atomic mass is 32.2. The van der Waals surface area contributed by atoms with E-state index in [2.05, 4.69) is 0 Å². The van der Waals surface area contributed by atoms with E-state index < -0.39 is 21.4 Å². The van der Waals surface area contributed by atoms with Gasteiger partial charge in [0.1, 0.15) is 0 Å². The van der Waals surface area contributed by atoms with Crippen molar-refractivity contribution in [2.45, 2.75) is 45.2 Å². The van der Waals surface area contributed by atoms with Crippen molar-refractivity contribution in [1.82, 2.24) is 4.31 Å². The fourth-order valence-corrected chi connectivity index (χ4v) is 3.52. The van der Waals surface area contributed by atoms with Crippen molar-refractivity contribution < 1.29 is 17.8 Å². The second-order valence-corrected chi connectivity index (χ2v) is 5.97. The van der Waals surface area contributed by atoms with Crippen molar-refractivity contribution in [3.8, 4) is 0 Å². The molecule has 0 amide bonds. The van der Waals surface area contributed by atoms with Crippen molar-refractivity contribution in [1.29, 1.82) is 0 Å². The van der Waals surface area contributed by atoms with Gasteiger partial charge >= 0.3 is 10.3 Å². The fraction of sp³-hybridized carbons (Fsp3) is 0.875. The number of ketones is 1. The summed E-state index contributed by atoms with van der Waals surface area (Å²) in [7, 11) is -4.34. The van der Waals surface area contributed by atoms with E-state index in [0.29, 0.717) is 0 Å². The van der Waals surface area contributed by atoms with E-state index in [0.717, 1.165) is 4.31 Å². The molecule has 0 unspecified atom stereocenters. The van der Waals surface area contributed by atoms with Gasteiger partial charge in [0.2, 0.25) is 0 Å². The fourth-order valence-electron chi connectivity index (χ4n) is 2.15. The molecule has 1 N–H and O–H groups in total. The summed E-state index contributed by atoms with van der Waals surface area (Å²) < 4.78 is 32.2. The molecule has 82 valence electrons. The third-order valence-electron chi connectivity index (χ3n) is 2.56. The van der Waals surface area contributed by atoms with Crippen LogP contribution in [-0.4, -0.2) is 34.1 Å². The van der Waals surface area contributed by atoms with E-state index in [1.54, 1.807) is 13.8 Å². The maximum Gasteiger partial charge on any atom is 0.337 e. The van der Waals surface area contributed by atoms with Crippen LogP contribution in [0.25, 0.3) is 0 Å². The quantitative estimate of drug-likeness (QED) is 0.659. The summed E-state index contributed by atoms with van der Waals surface area (Å²) in [4.78, 5) is 11.6. The maximum atomic E-state index is 11.6. The minimum Gasteiger partial charge on any atom is -0.298 e. The summed E-state index contributed by atoms with van der Waals surface area (Å²) >= 11 is 0. The SMILES string of the molecule is CC1(C)CC(=O)C(C)(C)N1S(=O)(=O)O. The van der Waals surface area contributed by atoms with Crippen LogP contribution in [0.15, 0.2) is 0 Å². The third-order valence-corrected chi connectivity index (χ3v) is 3.98. The van der Waals surface area contributed by atoms with Gasteiger partial charge in [-0.15, -0.1) is 0 Å². The maximum absolute atomic E-state index is 11.6. The zero-order chi connectivity index (χ0) is 11.4. The summed E-state index contributed by atoms with van der Waals surface area (Å²) in [5.41, 5.74) is -2.01. The van der Waals surface area contributed by atoms with Gasteiger partial charge in [-0.3, -0.25) is 9.35 Å². The van der Waals surface area contributed by atoms with Crippen LogP contribution in [0.5, 0.6) is 0 Å². The number of carbonyl (C=O) groups excluding carboxylic acids is 1. The second-order valence-electron chi connectivity index (χ2n) is 4.71. The van der Waals surface area contributed by atoms with E-state index in [1.807, 2.05) is 0 Å². The largest absolute Gasteiger partial charge is 0.337 e. The molecule has 5 nitrogen and oxygen atoms in total. The predicted molar refractivity (Wildman–Crippen MR) is 51.2 cm³/mol. The lowest BCUT2D eigenvalue weighted by molar-refractivity contribution is -0.122. The molecular weight excluding hydrogens is 206 g/mol. The standard InChI is InChI=1S/C8H15NO4S/c1-7(2)5-6(10)8(3,4)9(7)14(11,12)13/h5H2,1-4H3,(H,11,12,13). The third kappa shape index (κ3) is 1.57. The number of hydrogen-bond donors (Lipinski definition) is 1. The van der Waals surface area contributed by atoms with Crippen molar-refractivity contribution in [2.75, 3.05) is 0 Å². The van der Waals surface area contributed by atoms with Crippen LogP contribution < -0.4 is 0 Å². The molecule has 0 saturated carbocycles. The highest BCUT2D eigenvalue weighted by Gasteiger charge is 2.56. The van der Waals surface area contributed by atoms with Gasteiger partial charge in [0.25, 0.3) is 0 Å². The Morgan fingerprint density at radius 3 is 1.86 bits per heavy atom. The molecule has 0 bridgehead atoms. The van der Waals surface area contributed by atoms with Gasteiger partial charge in [0.15, 0.2) is 5.78 Å². The molecular formula is C8H15NO4S. The summed E-state index contributed by atoms with van der Waals surface area (Å²) in [6, 6.07) is 0. The van der Waals surface area contributed by atoms with Crippen LogP contribution in [0.1, 0.15) is 34.1 Å². The number of Topliss-reactive ketones (excluding diaryl/α,β-unsaturated/α-hetero) is 1. The molecule has 14 heavy (non-hydrogen) atoms. The molecule has 0 aromatic carbocycles. The Morgan fingerprint density at radius 1 is 1.29 bits per heavy atom. The Kier molecular flexibility index (Phi) is 2.30. The second kappa shape index (κ2) is 2.77. The molecule has 1 heterocycles. The molecule has 1 fully saturated rings. The van der Waals surface area contributed by atoms with E-state index in [4.69, 9.17) is 4.55 Å². The first-order chi connectivity index (χ1) is 5.99. The zero-order valence-corrected chi connectivity index (χ0v) is 9.55. The van der Waals surface area contributed by atoms with Gasteiger partial charge in [0, 0.05) is 12.0 Å². The molecule has 0 aromatic heterocycles. The van der Waals surface area contributed by atoms with Gasteiger partial charge in [-0.05, 0) is 27.7 Å². The van der Waals surface area contributed by atoms with Gasteiger partial charge in [-0.25, -0.2) is 0 Å². The summed E-state index contributed by atoms with van der Waals surface area (Å²) in [6.07, 6.45) is 0.125. The molecule has 0 radical (unpaired) electrons. The Balaban J connectivity index is 3.33. The molecule has 6 heteroatoms. The van der Waals surface area contributed by atoms with Crippen molar-refractivity contribution >= 4 is 16.1 Å². The van der Waals surface area contributed by atoms with Crippen LogP contribution >= 0.6 is 0 Å². The van der Waals surface area contributed by atoms with Crippen molar-refractivity contribution in [3.63, 3.8) is 0 Å². The summed E-state index contributed by atoms with van der Waals surface area (Å²) in [5, 5.41) is 0. The highest BCUT2D eigenvalue weighted by molar-refractivity contribution is 7.83. The van der Waals surface area contributed by atoms with Crippen LogP contribution in [0, 0.1) is 0 Å². The van der Waals surface area contributed by atoms with Crippen molar-refractivity contribution in [3.05, 3.63) is 0 Å².